The molecule has 0 aliphatic carbocycles. The van der Waals surface area contributed by atoms with Gasteiger partial charge in [0.2, 0.25) is 0 Å². The predicted molar refractivity (Wildman–Crippen MR) is 101 cm³/mol. The fraction of sp³-hybridized carbons (Fsp3) is 0.500. The van der Waals surface area contributed by atoms with E-state index in [-0.39, 0.29) is 35.4 Å². The van der Waals surface area contributed by atoms with Gasteiger partial charge in [0.25, 0.3) is 5.91 Å². The summed E-state index contributed by atoms with van der Waals surface area (Å²) < 4.78 is 43.8. The summed E-state index contributed by atoms with van der Waals surface area (Å²) in [6.07, 6.45) is -4.42. The van der Waals surface area contributed by atoms with Gasteiger partial charge in [-0.3, -0.25) is 4.79 Å². The molecule has 1 aromatic heterocycles. The largest absolute Gasteiger partial charge is 0.416 e. The van der Waals surface area contributed by atoms with E-state index in [1.54, 1.807) is 0 Å². The van der Waals surface area contributed by atoms with Crippen LogP contribution in [-0.2, 0) is 12.7 Å². The molecule has 0 saturated carbocycles. The van der Waals surface area contributed by atoms with Gasteiger partial charge in [0.15, 0.2) is 11.5 Å². The van der Waals surface area contributed by atoms with Crippen molar-refractivity contribution in [1.29, 1.82) is 0 Å². The van der Waals surface area contributed by atoms with Crippen molar-refractivity contribution in [3.63, 3.8) is 0 Å². The third kappa shape index (κ3) is 5.34. The van der Waals surface area contributed by atoms with E-state index in [0.717, 1.165) is 12.1 Å². The number of hydrogen-bond donors (Lipinski definition) is 2. The molecule has 0 fully saturated rings. The van der Waals surface area contributed by atoms with E-state index in [1.165, 1.54) is 12.1 Å². The zero-order chi connectivity index (χ0) is 21.1. The molecule has 0 spiro atoms. The Bertz CT molecular complexity index is 796. The number of rotatable bonds is 7. The van der Waals surface area contributed by atoms with Gasteiger partial charge in [-0.1, -0.05) is 45.0 Å². The van der Waals surface area contributed by atoms with Gasteiger partial charge in [-0.2, -0.15) is 13.2 Å². The lowest BCUT2D eigenvalue weighted by Crippen LogP contribution is -2.37. The van der Waals surface area contributed by atoms with E-state index in [9.17, 15) is 18.0 Å². The molecule has 0 radical (unpaired) electrons. The molecule has 2 rings (SSSR count). The second kappa shape index (κ2) is 8.77. The van der Waals surface area contributed by atoms with Crippen molar-refractivity contribution in [1.82, 2.24) is 15.8 Å². The monoisotopic (exact) mass is 397 g/mol. The van der Waals surface area contributed by atoms with Crippen LogP contribution in [0.25, 0.3) is 11.3 Å². The lowest BCUT2D eigenvalue weighted by Gasteiger charge is -2.17. The first kappa shape index (κ1) is 21.9. The summed E-state index contributed by atoms with van der Waals surface area (Å²) in [6.45, 7) is 10.1. The van der Waals surface area contributed by atoms with Crippen molar-refractivity contribution >= 4 is 5.91 Å². The third-order valence-electron chi connectivity index (χ3n) is 4.52. The minimum Gasteiger partial charge on any atom is -0.355 e. The number of benzene rings is 1. The maximum Gasteiger partial charge on any atom is 0.416 e. The summed E-state index contributed by atoms with van der Waals surface area (Å²) in [5, 5.41) is 9.99. The molecule has 1 amide bonds. The van der Waals surface area contributed by atoms with Gasteiger partial charge in [0, 0.05) is 29.8 Å². The second-order valence-electron chi connectivity index (χ2n) is 7.46. The highest BCUT2D eigenvalue weighted by Gasteiger charge is 2.31. The van der Waals surface area contributed by atoms with Crippen LogP contribution in [-0.4, -0.2) is 23.1 Å². The lowest BCUT2D eigenvalue weighted by atomic mass is 10.0. The number of halogens is 3. The van der Waals surface area contributed by atoms with Crippen molar-refractivity contribution in [3.8, 4) is 11.3 Å². The molecular formula is C20H26F3N3O2. The Morgan fingerprint density at radius 2 is 1.71 bits per heavy atom. The Hall–Kier alpha value is -2.35. The summed E-state index contributed by atoms with van der Waals surface area (Å²) in [5.41, 5.74) is 0.329. The summed E-state index contributed by atoms with van der Waals surface area (Å²) in [5.74, 6) is 0.148. The molecule has 0 aliphatic heterocycles. The number of nitrogens with one attached hydrogen (secondary N) is 2. The van der Waals surface area contributed by atoms with Crippen LogP contribution < -0.4 is 10.6 Å². The van der Waals surface area contributed by atoms with Crippen molar-refractivity contribution in [2.75, 3.05) is 0 Å². The third-order valence-corrected chi connectivity index (χ3v) is 4.52. The normalized spacial score (nSPS) is 13.2. The van der Waals surface area contributed by atoms with E-state index in [1.807, 2.05) is 34.6 Å². The van der Waals surface area contributed by atoms with Crippen LogP contribution in [0, 0.1) is 5.92 Å². The molecular weight excluding hydrogens is 371 g/mol. The van der Waals surface area contributed by atoms with Gasteiger partial charge in [-0.15, -0.1) is 0 Å². The van der Waals surface area contributed by atoms with Crippen LogP contribution in [0.3, 0.4) is 0 Å². The smallest absolute Gasteiger partial charge is 0.355 e. The molecule has 28 heavy (non-hydrogen) atoms. The fourth-order valence-electron chi connectivity index (χ4n) is 2.44. The molecule has 0 saturated heterocycles. The highest BCUT2D eigenvalue weighted by Crippen LogP contribution is 2.32. The van der Waals surface area contributed by atoms with Crippen LogP contribution in [0.4, 0.5) is 13.2 Å². The van der Waals surface area contributed by atoms with Crippen molar-refractivity contribution < 1.29 is 22.5 Å². The molecule has 0 bridgehead atoms. The van der Waals surface area contributed by atoms with Crippen LogP contribution in [0.5, 0.6) is 0 Å². The van der Waals surface area contributed by atoms with Crippen molar-refractivity contribution in [2.24, 2.45) is 5.92 Å². The first-order valence-electron chi connectivity index (χ1n) is 9.21. The van der Waals surface area contributed by atoms with Crippen LogP contribution in [0.15, 0.2) is 28.8 Å². The first-order chi connectivity index (χ1) is 13.0. The zero-order valence-corrected chi connectivity index (χ0v) is 16.6. The molecule has 1 aromatic carbocycles. The maximum absolute atomic E-state index is 12.8. The Kier molecular flexibility index (Phi) is 6.87. The van der Waals surface area contributed by atoms with E-state index in [4.69, 9.17) is 4.52 Å². The highest BCUT2D eigenvalue weighted by atomic mass is 19.4. The number of amides is 1. The van der Waals surface area contributed by atoms with Crippen LogP contribution in [0.1, 0.15) is 56.2 Å². The number of hydrogen-bond acceptors (Lipinski definition) is 4. The van der Waals surface area contributed by atoms with Crippen LogP contribution in [0.2, 0.25) is 0 Å². The minimum atomic E-state index is -4.42. The van der Waals surface area contributed by atoms with E-state index < -0.39 is 11.7 Å². The number of nitrogens with zero attached hydrogens (tertiary/aromatic N) is 1. The van der Waals surface area contributed by atoms with Crippen molar-refractivity contribution in [2.45, 2.75) is 59.4 Å². The second-order valence-corrected chi connectivity index (χ2v) is 7.46. The Balaban J connectivity index is 2.38. The molecule has 0 unspecified atom stereocenters. The molecule has 0 aliphatic rings. The van der Waals surface area contributed by atoms with E-state index in [0.29, 0.717) is 17.7 Å². The lowest BCUT2D eigenvalue weighted by molar-refractivity contribution is -0.137. The van der Waals surface area contributed by atoms with Crippen molar-refractivity contribution in [3.05, 3.63) is 41.1 Å². The molecule has 1 atom stereocenters. The average molecular weight is 397 g/mol. The SMILES string of the molecule is CC(C)NCc1c(C(=O)N[C@@H](C)C(C)C)noc1-c1ccc(C(F)(F)F)cc1. The van der Waals surface area contributed by atoms with Gasteiger partial charge in [-0.25, -0.2) is 0 Å². The summed E-state index contributed by atoms with van der Waals surface area (Å²) in [4.78, 5) is 12.6. The summed E-state index contributed by atoms with van der Waals surface area (Å²) in [6, 6.07) is 4.68. The topological polar surface area (TPSA) is 67.2 Å². The quantitative estimate of drug-likeness (QED) is 0.715. The van der Waals surface area contributed by atoms with Gasteiger partial charge in [-0.05, 0) is 25.0 Å². The highest BCUT2D eigenvalue weighted by molar-refractivity contribution is 5.95. The Morgan fingerprint density at radius 3 is 2.21 bits per heavy atom. The Morgan fingerprint density at radius 1 is 1.11 bits per heavy atom. The minimum absolute atomic E-state index is 0.0652. The van der Waals surface area contributed by atoms with Gasteiger partial charge in [0.05, 0.1) is 5.56 Å². The molecule has 2 aromatic rings. The summed E-state index contributed by atoms with van der Waals surface area (Å²) >= 11 is 0. The van der Waals surface area contributed by atoms with Crippen LogP contribution >= 0.6 is 0 Å². The number of alkyl halides is 3. The molecule has 5 nitrogen and oxygen atoms in total. The molecule has 154 valence electrons. The van der Waals surface area contributed by atoms with E-state index in [2.05, 4.69) is 15.8 Å². The van der Waals surface area contributed by atoms with Gasteiger partial charge in [0.1, 0.15) is 0 Å². The van der Waals surface area contributed by atoms with E-state index >= 15 is 0 Å². The summed E-state index contributed by atoms with van der Waals surface area (Å²) in [7, 11) is 0. The molecule has 2 N–H and O–H groups in total. The van der Waals surface area contributed by atoms with Gasteiger partial charge < -0.3 is 15.2 Å². The molecule has 8 heteroatoms. The van der Waals surface area contributed by atoms with Gasteiger partial charge >= 0.3 is 6.18 Å². The standard InChI is InChI=1S/C20H26F3N3O2/c1-11(2)13(5)25-19(27)17-16(10-24-12(3)4)18(28-26-17)14-6-8-15(9-7-14)20(21,22)23/h6-9,11-13,24H,10H2,1-5H3,(H,25,27)/t13-/m0/s1. The molecule has 1 heterocycles. The number of carbonyl (C=O) groups is 1. The Labute approximate surface area is 162 Å². The predicted octanol–water partition coefficient (Wildman–Crippen LogP) is 4.63. The first-order valence-corrected chi connectivity index (χ1v) is 9.21. The zero-order valence-electron chi connectivity index (χ0n) is 16.6. The average Bonchev–Trinajstić information content (AvgIpc) is 3.03. The fourth-order valence-corrected chi connectivity index (χ4v) is 2.44. The number of carbonyl (C=O) groups excluding carboxylic acids is 1. The number of aromatic nitrogens is 1. The maximum atomic E-state index is 12.8.